The Kier molecular flexibility index (Phi) is 4.04. The van der Waals surface area contributed by atoms with E-state index in [1.807, 2.05) is 0 Å². The number of thiophene rings is 1. The first-order valence-corrected chi connectivity index (χ1v) is 6.67. The van der Waals surface area contributed by atoms with Crippen LogP contribution in [0.1, 0.15) is 15.4 Å². The molecule has 2 rings (SSSR count). The van der Waals surface area contributed by atoms with Crippen LogP contribution < -0.4 is 11.1 Å². The molecule has 8 heteroatoms. The van der Waals surface area contributed by atoms with Gasteiger partial charge < -0.3 is 20.5 Å². The van der Waals surface area contributed by atoms with Gasteiger partial charge in [-0.25, -0.2) is 0 Å². The molecular formula is C12H14N4O3S. The Morgan fingerprint density at radius 1 is 1.55 bits per heavy atom. The van der Waals surface area contributed by atoms with Gasteiger partial charge in [-0.2, -0.15) is 0 Å². The molecule has 7 nitrogen and oxygen atoms in total. The lowest BCUT2D eigenvalue weighted by molar-refractivity contribution is -0.116. The van der Waals surface area contributed by atoms with Crippen LogP contribution in [0.4, 0.5) is 11.5 Å². The second-order valence-electron chi connectivity index (χ2n) is 4.24. The average molecular weight is 294 g/mol. The van der Waals surface area contributed by atoms with E-state index >= 15 is 0 Å². The highest BCUT2D eigenvalue weighted by atomic mass is 32.1. The summed E-state index contributed by atoms with van der Waals surface area (Å²) in [5.74, 6) is 0.272. The van der Waals surface area contributed by atoms with E-state index in [4.69, 9.17) is 10.3 Å². The van der Waals surface area contributed by atoms with E-state index in [0.29, 0.717) is 22.1 Å². The molecule has 0 spiro atoms. The van der Waals surface area contributed by atoms with Crippen LogP contribution in [-0.2, 0) is 4.79 Å². The number of nitrogens with one attached hydrogen (secondary N) is 1. The molecule has 0 saturated carbocycles. The predicted molar refractivity (Wildman–Crippen MR) is 75.6 cm³/mol. The molecule has 2 aromatic heterocycles. The summed E-state index contributed by atoms with van der Waals surface area (Å²) in [6, 6.07) is 3.25. The lowest BCUT2D eigenvalue weighted by Gasteiger charge is -2.15. The van der Waals surface area contributed by atoms with Crippen LogP contribution in [0.3, 0.4) is 0 Å². The van der Waals surface area contributed by atoms with Crippen molar-refractivity contribution in [3.8, 4) is 0 Å². The fraction of sp³-hybridized carbons (Fsp3) is 0.250. The Morgan fingerprint density at radius 3 is 2.85 bits per heavy atom. The van der Waals surface area contributed by atoms with Gasteiger partial charge in [-0.1, -0.05) is 5.16 Å². The van der Waals surface area contributed by atoms with Crippen molar-refractivity contribution >= 4 is 34.7 Å². The van der Waals surface area contributed by atoms with Crippen LogP contribution in [0, 0.1) is 6.92 Å². The largest absolute Gasteiger partial charge is 0.397 e. The van der Waals surface area contributed by atoms with E-state index in [1.165, 1.54) is 23.3 Å². The third-order valence-corrected chi connectivity index (χ3v) is 3.43. The average Bonchev–Trinajstić information content (AvgIpc) is 2.97. The van der Waals surface area contributed by atoms with Crippen molar-refractivity contribution in [3.05, 3.63) is 28.2 Å². The Morgan fingerprint density at radius 2 is 2.30 bits per heavy atom. The maximum atomic E-state index is 12.1. The highest BCUT2D eigenvalue weighted by molar-refractivity contribution is 7.12. The molecular weight excluding hydrogens is 280 g/mol. The molecule has 20 heavy (non-hydrogen) atoms. The molecule has 0 atom stereocenters. The summed E-state index contributed by atoms with van der Waals surface area (Å²) in [7, 11) is 1.54. The van der Waals surface area contributed by atoms with E-state index in [1.54, 1.807) is 24.4 Å². The molecule has 2 aromatic rings. The van der Waals surface area contributed by atoms with E-state index in [9.17, 15) is 9.59 Å². The summed E-state index contributed by atoms with van der Waals surface area (Å²) in [5.41, 5.74) is 6.09. The number of hydrogen-bond donors (Lipinski definition) is 2. The number of likely N-dealkylation sites (N-methyl/N-ethyl adjacent to an activating group) is 1. The van der Waals surface area contributed by atoms with Gasteiger partial charge in [0, 0.05) is 13.1 Å². The predicted octanol–water partition coefficient (Wildman–Crippen LogP) is 1.34. The van der Waals surface area contributed by atoms with Gasteiger partial charge in [0.2, 0.25) is 5.91 Å². The summed E-state index contributed by atoms with van der Waals surface area (Å²) in [5, 5.41) is 7.92. The number of nitrogens with two attached hydrogens (primary N) is 1. The van der Waals surface area contributed by atoms with Crippen LogP contribution in [0.2, 0.25) is 0 Å². The monoisotopic (exact) mass is 294 g/mol. The van der Waals surface area contributed by atoms with Gasteiger partial charge >= 0.3 is 0 Å². The number of aromatic nitrogens is 1. The first-order valence-electron chi connectivity index (χ1n) is 5.79. The van der Waals surface area contributed by atoms with Gasteiger partial charge in [0.15, 0.2) is 5.82 Å². The molecule has 0 unspecified atom stereocenters. The highest BCUT2D eigenvalue weighted by Crippen LogP contribution is 2.20. The number of aryl methyl sites for hydroxylation is 1. The third kappa shape index (κ3) is 3.15. The van der Waals surface area contributed by atoms with Crippen LogP contribution in [0.25, 0.3) is 0 Å². The minimum absolute atomic E-state index is 0.0952. The minimum atomic E-state index is -0.357. The molecule has 2 heterocycles. The van der Waals surface area contributed by atoms with Gasteiger partial charge in [0.25, 0.3) is 5.91 Å². The fourth-order valence-corrected chi connectivity index (χ4v) is 2.37. The lowest BCUT2D eigenvalue weighted by Crippen LogP contribution is -2.34. The molecule has 0 aliphatic heterocycles. The maximum absolute atomic E-state index is 12.1. The van der Waals surface area contributed by atoms with Crippen LogP contribution >= 0.6 is 11.3 Å². The summed E-state index contributed by atoms with van der Waals surface area (Å²) in [4.78, 5) is 25.6. The first kappa shape index (κ1) is 14.1. The van der Waals surface area contributed by atoms with E-state index in [0.717, 1.165) is 0 Å². The smallest absolute Gasteiger partial charge is 0.266 e. The molecule has 3 N–H and O–H groups in total. The molecule has 0 saturated heterocycles. The zero-order valence-electron chi connectivity index (χ0n) is 11.0. The van der Waals surface area contributed by atoms with Gasteiger partial charge in [0.05, 0.1) is 12.2 Å². The molecule has 0 radical (unpaired) electrons. The molecule has 106 valence electrons. The SMILES string of the molecule is Cc1cc(NC(=O)CN(C)C(=O)c2sccc2N)no1. The Balaban J connectivity index is 1.94. The maximum Gasteiger partial charge on any atom is 0.266 e. The third-order valence-electron chi connectivity index (χ3n) is 2.51. The molecule has 0 bridgehead atoms. The molecule has 0 fully saturated rings. The zero-order valence-corrected chi connectivity index (χ0v) is 11.9. The topological polar surface area (TPSA) is 101 Å². The van der Waals surface area contributed by atoms with E-state index in [2.05, 4.69) is 10.5 Å². The van der Waals surface area contributed by atoms with Crippen LogP contribution in [0.5, 0.6) is 0 Å². The fourth-order valence-electron chi connectivity index (χ4n) is 1.56. The molecule has 2 amide bonds. The van der Waals surface area contributed by atoms with Crippen molar-refractivity contribution in [2.75, 3.05) is 24.6 Å². The van der Waals surface area contributed by atoms with Crippen molar-refractivity contribution in [1.29, 1.82) is 0 Å². The van der Waals surface area contributed by atoms with Gasteiger partial charge in [-0.3, -0.25) is 9.59 Å². The van der Waals surface area contributed by atoms with Crippen LogP contribution in [-0.4, -0.2) is 35.5 Å². The number of carbonyl (C=O) groups excluding carboxylic acids is 2. The van der Waals surface area contributed by atoms with Gasteiger partial charge in [0.1, 0.15) is 10.6 Å². The normalized spacial score (nSPS) is 10.3. The Bertz CT molecular complexity index is 634. The van der Waals surface area contributed by atoms with E-state index in [-0.39, 0.29) is 18.4 Å². The standard InChI is InChI=1S/C12H14N4O3S/c1-7-5-9(15-19-7)14-10(17)6-16(2)12(18)11-8(13)3-4-20-11/h3-5H,6,13H2,1-2H3,(H,14,15,17). The quantitative estimate of drug-likeness (QED) is 0.886. The second kappa shape index (κ2) is 5.74. The first-order chi connectivity index (χ1) is 9.47. The molecule has 0 aliphatic carbocycles. The number of hydrogen-bond acceptors (Lipinski definition) is 6. The van der Waals surface area contributed by atoms with E-state index < -0.39 is 0 Å². The van der Waals surface area contributed by atoms with Crippen molar-refractivity contribution in [1.82, 2.24) is 10.1 Å². The molecule has 0 aliphatic rings. The molecule has 0 aromatic carbocycles. The zero-order chi connectivity index (χ0) is 14.7. The summed E-state index contributed by atoms with van der Waals surface area (Å²) < 4.78 is 4.83. The summed E-state index contributed by atoms with van der Waals surface area (Å²) in [6.07, 6.45) is 0. The Labute approximate surface area is 119 Å². The highest BCUT2D eigenvalue weighted by Gasteiger charge is 2.18. The minimum Gasteiger partial charge on any atom is -0.397 e. The number of nitrogen functional groups attached to an aromatic ring is 1. The van der Waals surface area contributed by atoms with Gasteiger partial charge in [-0.15, -0.1) is 11.3 Å². The van der Waals surface area contributed by atoms with Crippen molar-refractivity contribution in [2.24, 2.45) is 0 Å². The second-order valence-corrected chi connectivity index (χ2v) is 5.15. The van der Waals surface area contributed by atoms with Crippen LogP contribution in [0.15, 0.2) is 22.0 Å². The number of nitrogens with zero attached hydrogens (tertiary/aromatic N) is 2. The summed E-state index contributed by atoms with van der Waals surface area (Å²) >= 11 is 1.25. The van der Waals surface area contributed by atoms with Crippen molar-refractivity contribution < 1.29 is 14.1 Å². The van der Waals surface area contributed by atoms with Crippen molar-refractivity contribution in [3.63, 3.8) is 0 Å². The number of carbonyl (C=O) groups is 2. The summed E-state index contributed by atoms with van der Waals surface area (Å²) in [6.45, 7) is 1.62. The number of anilines is 2. The van der Waals surface area contributed by atoms with Crippen molar-refractivity contribution in [2.45, 2.75) is 6.92 Å². The lowest BCUT2D eigenvalue weighted by atomic mass is 10.3. The number of amides is 2. The van der Waals surface area contributed by atoms with Gasteiger partial charge in [-0.05, 0) is 18.4 Å². The Hall–Kier alpha value is -2.35. The number of rotatable bonds is 4.